The van der Waals surface area contributed by atoms with Crippen LogP contribution in [0, 0.1) is 6.92 Å². The highest BCUT2D eigenvalue weighted by Gasteiger charge is 2.51. The Morgan fingerprint density at radius 1 is 1.21 bits per heavy atom. The van der Waals surface area contributed by atoms with Gasteiger partial charge in [-0.3, -0.25) is 4.79 Å². The van der Waals surface area contributed by atoms with Crippen LogP contribution in [0.15, 0.2) is 24.3 Å². The fourth-order valence-corrected chi connectivity index (χ4v) is 3.83. The number of nitrogens with zero attached hydrogens (tertiary/aromatic N) is 1. The van der Waals surface area contributed by atoms with E-state index in [1.807, 2.05) is 0 Å². The first-order valence-corrected chi connectivity index (χ1v) is 9.76. The van der Waals surface area contributed by atoms with Gasteiger partial charge in [0.15, 0.2) is 0 Å². The summed E-state index contributed by atoms with van der Waals surface area (Å²) >= 11 is 0. The molecule has 1 aromatic carbocycles. The van der Waals surface area contributed by atoms with Crippen LogP contribution in [0.25, 0.3) is 6.08 Å². The van der Waals surface area contributed by atoms with E-state index in [0.29, 0.717) is 24.2 Å². The number of aryl methyl sites for hydroxylation is 1. The summed E-state index contributed by atoms with van der Waals surface area (Å²) in [6, 6.07) is 4.91. The molecule has 4 N–H and O–H groups in total. The summed E-state index contributed by atoms with van der Waals surface area (Å²) in [7, 11) is 0. The number of phenolic OH excluding ortho intramolecular Hbond substituents is 1. The third-order valence-electron chi connectivity index (χ3n) is 5.56. The van der Waals surface area contributed by atoms with Gasteiger partial charge in [-0.25, -0.2) is 4.79 Å². The molecule has 1 saturated heterocycles. The first-order valence-electron chi connectivity index (χ1n) is 9.76. The molecule has 0 radical (unpaired) electrons. The number of likely N-dealkylation sites (tertiary alicyclic amines) is 1. The molecule has 3 rings (SSSR count). The Labute approximate surface area is 169 Å². The van der Waals surface area contributed by atoms with Crippen LogP contribution in [-0.4, -0.2) is 74.2 Å². The van der Waals surface area contributed by atoms with Crippen molar-refractivity contribution in [1.29, 1.82) is 0 Å². The van der Waals surface area contributed by atoms with Gasteiger partial charge in [-0.1, -0.05) is 12.1 Å². The number of carbonyl (C=O) groups excluding carboxylic acids is 2. The lowest BCUT2D eigenvalue weighted by Crippen LogP contribution is -2.60. The lowest BCUT2D eigenvalue weighted by Gasteiger charge is -2.42. The molecule has 1 aromatic rings. The van der Waals surface area contributed by atoms with E-state index < -0.39 is 35.8 Å². The Bertz CT molecular complexity index is 802. The number of carbonyl (C=O) groups is 2. The molecule has 0 unspecified atom stereocenters. The second-order valence-electron chi connectivity index (χ2n) is 7.85. The quantitative estimate of drug-likeness (QED) is 0.424. The topological polar surface area (TPSA) is 128 Å². The molecule has 0 bridgehead atoms. The Morgan fingerprint density at radius 3 is 2.55 bits per heavy atom. The molecule has 0 aromatic heterocycles. The van der Waals surface area contributed by atoms with Crippen LogP contribution in [0.4, 0.5) is 0 Å². The Morgan fingerprint density at radius 2 is 1.90 bits per heavy atom. The van der Waals surface area contributed by atoms with Crippen molar-refractivity contribution >= 4 is 18.0 Å². The van der Waals surface area contributed by atoms with Crippen molar-refractivity contribution in [2.75, 3.05) is 13.1 Å². The smallest absolute Gasteiger partial charge is 0.331 e. The Hall–Kier alpha value is -2.42. The van der Waals surface area contributed by atoms with Gasteiger partial charge in [0.1, 0.15) is 23.6 Å². The molecule has 1 heterocycles. The number of benzene rings is 1. The number of amides is 1. The van der Waals surface area contributed by atoms with E-state index in [-0.39, 0.29) is 18.6 Å². The van der Waals surface area contributed by atoms with Crippen molar-refractivity contribution in [3.8, 4) is 5.75 Å². The third-order valence-corrected chi connectivity index (χ3v) is 5.56. The summed E-state index contributed by atoms with van der Waals surface area (Å²) in [6.07, 6.45) is -0.345. The summed E-state index contributed by atoms with van der Waals surface area (Å²) in [5.74, 6) is -1.20. The molecule has 8 nitrogen and oxygen atoms in total. The van der Waals surface area contributed by atoms with Crippen molar-refractivity contribution in [2.24, 2.45) is 0 Å². The molecule has 2 aliphatic rings. The van der Waals surface area contributed by atoms with Gasteiger partial charge < -0.3 is 30.1 Å². The zero-order chi connectivity index (χ0) is 21.2. The van der Waals surface area contributed by atoms with Gasteiger partial charge in [0.2, 0.25) is 0 Å². The number of hydrogen-bond donors (Lipinski definition) is 4. The minimum atomic E-state index is -1.89. The Balaban J connectivity index is 1.67. The highest BCUT2D eigenvalue weighted by Crippen LogP contribution is 2.33. The summed E-state index contributed by atoms with van der Waals surface area (Å²) in [5.41, 5.74) is -0.610. The van der Waals surface area contributed by atoms with Crippen LogP contribution >= 0.6 is 0 Å². The van der Waals surface area contributed by atoms with Crippen LogP contribution in [0.3, 0.4) is 0 Å². The van der Waals surface area contributed by atoms with Gasteiger partial charge >= 0.3 is 5.97 Å². The van der Waals surface area contributed by atoms with E-state index in [1.54, 1.807) is 19.1 Å². The molecule has 1 amide bonds. The van der Waals surface area contributed by atoms with Gasteiger partial charge in [0.05, 0.1) is 6.10 Å². The molecular formula is C21H27NO7. The van der Waals surface area contributed by atoms with E-state index in [1.165, 1.54) is 17.0 Å². The number of aliphatic hydroxyl groups excluding tert-OH is 2. The van der Waals surface area contributed by atoms with Crippen molar-refractivity contribution in [3.05, 3.63) is 35.4 Å². The highest BCUT2D eigenvalue weighted by molar-refractivity contribution is 5.88. The minimum absolute atomic E-state index is 0.0943. The molecule has 2 fully saturated rings. The molecule has 29 heavy (non-hydrogen) atoms. The molecule has 1 aliphatic carbocycles. The second-order valence-corrected chi connectivity index (χ2v) is 7.85. The van der Waals surface area contributed by atoms with Gasteiger partial charge in [-0.05, 0) is 43.0 Å². The largest absolute Gasteiger partial charge is 0.508 e. The number of rotatable bonds is 4. The minimum Gasteiger partial charge on any atom is -0.508 e. The average Bonchev–Trinajstić information content (AvgIpc) is 3.20. The van der Waals surface area contributed by atoms with Crippen LogP contribution < -0.4 is 0 Å². The van der Waals surface area contributed by atoms with Crippen molar-refractivity contribution < 1.29 is 34.8 Å². The van der Waals surface area contributed by atoms with E-state index in [2.05, 4.69) is 0 Å². The lowest BCUT2D eigenvalue weighted by molar-refractivity contribution is -0.191. The predicted molar refractivity (Wildman–Crippen MR) is 104 cm³/mol. The van der Waals surface area contributed by atoms with Gasteiger partial charge in [0.25, 0.3) is 5.91 Å². The molecule has 1 aliphatic heterocycles. The lowest BCUT2D eigenvalue weighted by atomic mass is 9.78. The highest BCUT2D eigenvalue weighted by atomic mass is 16.6. The van der Waals surface area contributed by atoms with E-state index in [4.69, 9.17) is 4.74 Å². The Kier molecular flexibility index (Phi) is 6.26. The molecular weight excluding hydrogens is 378 g/mol. The summed E-state index contributed by atoms with van der Waals surface area (Å²) in [6.45, 7) is 2.82. The van der Waals surface area contributed by atoms with E-state index in [9.17, 15) is 30.0 Å². The van der Waals surface area contributed by atoms with E-state index >= 15 is 0 Å². The molecule has 4 atom stereocenters. The number of ether oxygens (including phenoxy) is 1. The zero-order valence-corrected chi connectivity index (χ0v) is 16.3. The number of aliphatic hydroxyl groups is 3. The number of esters is 1. The zero-order valence-electron chi connectivity index (χ0n) is 16.3. The maximum absolute atomic E-state index is 12.7. The van der Waals surface area contributed by atoms with Gasteiger partial charge in [-0.15, -0.1) is 0 Å². The third kappa shape index (κ3) is 4.77. The molecule has 1 saturated carbocycles. The first kappa shape index (κ1) is 21.3. The maximum atomic E-state index is 12.7. The van der Waals surface area contributed by atoms with Crippen molar-refractivity contribution in [2.45, 2.75) is 56.5 Å². The molecule has 8 heteroatoms. The fraction of sp³-hybridized carbons (Fsp3) is 0.524. The van der Waals surface area contributed by atoms with Crippen LogP contribution in [0.1, 0.15) is 36.8 Å². The summed E-state index contributed by atoms with van der Waals surface area (Å²) in [4.78, 5) is 26.4. The summed E-state index contributed by atoms with van der Waals surface area (Å²) < 4.78 is 5.23. The van der Waals surface area contributed by atoms with Crippen LogP contribution in [0.5, 0.6) is 5.75 Å². The second kappa shape index (κ2) is 8.52. The fourth-order valence-electron chi connectivity index (χ4n) is 3.83. The van der Waals surface area contributed by atoms with Crippen molar-refractivity contribution in [1.82, 2.24) is 4.90 Å². The molecule has 0 spiro atoms. The average molecular weight is 405 g/mol. The van der Waals surface area contributed by atoms with Crippen LogP contribution in [0.2, 0.25) is 0 Å². The standard InChI is InChI=1S/C21H27NO7/c1-13-4-5-14(10-15(13)23)6-7-18(25)29-17-12-21(28,11-16(24)19(17)26)20(27)22-8-2-3-9-22/h4-7,10,16-17,19,23-24,26,28H,2-3,8-9,11-12H2,1H3/b7-6+/t16-,17-,19-,21+/m1/s1. The normalized spacial score (nSPS) is 29.9. The van der Waals surface area contributed by atoms with Crippen molar-refractivity contribution in [3.63, 3.8) is 0 Å². The van der Waals surface area contributed by atoms with Gasteiger partial charge in [0, 0.05) is 32.0 Å². The monoisotopic (exact) mass is 405 g/mol. The number of aromatic hydroxyl groups is 1. The maximum Gasteiger partial charge on any atom is 0.331 e. The molecule has 158 valence electrons. The summed E-state index contributed by atoms with van der Waals surface area (Å²) in [5, 5.41) is 40.9. The predicted octanol–water partition coefficient (Wildman–Crippen LogP) is 0.495. The SMILES string of the molecule is Cc1ccc(/C=C/C(=O)O[C@@H]2C[C@](O)(C(=O)N3CCCC3)C[C@@H](O)[C@H]2O)cc1O. The number of phenols is 1. The number of hydrogen-bond acceptors (Lipinski definition) is 7. The van der Waals surface area contributed by atoms with Gasteiger partial charge in [-0.2, -0.15) is 0 Å². The first-order chi connectivity index (χ1) is 13.7. The van der Waals surface area contributed by atoms with Crippen LogP contribution in [-0.2, 0) is 14.3 Å². The van der Waals surface area contributed by atoms with E-state index in [0.717, 1.165) is 18.9 Å².